The highest BCUT2D eigenvalue weighted by atomic mass is 16.5. The van der Waals surface area contributed by atoms with Crippen molar-refractivity contribution in [1.29, 1.82) is 0 Å². The normalized spacial score (nSPS) is 21.4. The molecular formula is C18H18O3. The minimum atomic E-state index is -0.284. The summed E-state index contributed by atoms with van der Waals surface area (Å²) in [4.78, 5) is 11.9. The van der Waals surface area contributed by atoms with Crippen LogP contribution in [0, 0.1) is 5.92 Å². The molecule has 0 radical (unpaired) electrons. The molecule has 0 spiro atoms. The zero-order valence-corrected chi connectivity index (χ0v) is 12.2. The van der Waals surface area contributed by atoms with Gasteiger partial charge in [0.25, 0.3) is 0 Å². The molecular weight excluding hydrogens is 264 g/mol. The number of fused-ring (bicyclic) bond motifs is 1. The average Bonchev–Trinajstić information content (AvgIpc) is 2.94. The van der Waals surface area contributed by atoms with Crippen molar-refractivity contribution in [1.82, 2.24) is 0 Å². The SMILES string of the molecule is COC(=O)C(C)C1=C2OC=CC=C2C(c2ccccc2)C1. The highest BCUT2D eigenvalue weighted by Gasteiger charge is 2.36. The van der Waals surface area contributed by atoms with Crippen molar-refractivity contribution in [3.8, 4) is 0 Å². The molecule has 1 aliphatic carbocycles. The summed E-state index contributed by atoms with van der Waals surface area (Å²) in [5, 5.41) is 0. The molecule has 3 nitrogen and oxygen atoms in total. The van der Waals surface area contributed by atoms with Crippen LogP contribution in [0.25, 0.3) is 0 Å². The largest absolute Gasteiger partial charge is 0.469 e. The number of benzene rings is 1. The van der Waals surface area contributed by atoms with Crippen molar-refractivity contribution >= 4 is 5.97 Å². The van der Waals surface area contributed by atoms with Crippen LogP contribution in [0.1, 0.15) is 24.8 Å². The first-order valence-electron chi connectivity index (χ1n) is 7.12. The number of hydrogen-bond donors (Lipinski definition) is 0. The molecule has 0 bridgehead atoms. The fourth-order valence-corrected chi connectivity index (χ4v) is 3.03. The monoisotopic (exact) mass is 282 g/mol. The van der Waals surface area contributed by atoms with Crippen LogP contribution < -0.4 is 0 Å². The maximum Gasteiger partial charge on any atom is 0.312 e. The summed E-state index contributed by atoms with van der Waals surface area (Å²) >= 11 is 0. The van der Waals surface area contributed by atoms with Gasteiger partial charge in [-0.25, -0.2) is 0 Å². The molecule has 1 heterocycles. The van der Waals surface area contributed by atoms with Crippen molar-refractivity contribution in [2.24, 2.45) is 5.92 Å². The van der Waals surface area contributed by atoms with E-state index in [-0.39, 0.29) is 17.8 Å². The number of carbonyl (C=O) groups excluding carboxylic acids is 1. The molecule has 2 unspecified atom stereocenters. The van der Waals surface area contributed by atoms with Gasteiger partial charge in [-0.05, 0) is 30.6 Å². The Morgan fingerprint density at radius 1 is 1.33 bits per heavy atom. The molecule has 1 aromatic rings. The summed E-state index contributed by atoms with van der Waals surface area (Å²) in [5.74, 6) is 0.579. The van der Waals surface area contributed by atoms with Crippen LogP contribution in [0.5, 0.6) is 0 Å². The van der Waals surface area contributed by atoms with E-state index >= 15 is 0 Å². The van der Waals surface area contributed by atoms with Gasteiger partial charge < -0.3 is 9.47 Å². The number of rotatable bonds is 3. The van der Waals surface area contributed by atoms with E-state index in [1.54, 1.807) is 6.26 Å². The van der Waals surface area contributed by atoms with Crippen LogP contribution in [-0.4, -0.2) is 13.1 Å². The van der Waals surface area contributed by atoms with Crippen molar-refractivity contribution in [2.75, 3.05) is 7.11 Å². The maximum atomic E-state index is 11.9. The minimum Gasteiger partial charge on any atom is -0.469 e. The van der Waals surface area contributed by atoms with Crippen LogP contribution >= 0.6 is 0 Å². The van der Waals surface area contributed by atoms with Crippen molar-refractivity contribution in [3.05, 3.63) is 71.2 Å². The first kappa shape index (κ1) is 13.7. The lowest BCUT2D eigenvalue weighted by atomic mass is 9.90. The second kappa shape index (κ2) is 5.60. The lowest BCUT2D eigenvalue weighted by Crippen LogP contribution is -2.15. The van der Waals surface area contributed by atoms with Crippen molar-refractivity contribution < 1.29 is 14.3 Å². The van der Waals surface area contributed by atoms with Crippen molar-refractivity contribution in [2.45, 2.75) is 19.3 Å². The van der Waals surface area contributed by atoms with Gasteiger partial charge >= 0.3 is 5.97 Å². The van der Waals surface area contributed by atoms with E-state index in [1.807, 2.05) is 31.2 Å². The van der Waals surface area contributed by atoms with Gasteiger partial charge in [0.1, 0.15) is 5.76 Å². The van der Waals surface area contributed by atoms with E-state index in [4.69, 9.17) is 9.47 Å². The van der Waals surface area contributed by atoms with Crippen LogP contribution in [0.3, 0.4) is 0 Å². The van der Waals surface area contributed by atoms with Crippen LogP contribution in [0.15, 0.2) is 65.7 Å². The molecule has 21 heavy (non-hydrogen) atoms. The molecule has 1 aromatic carbocycles. The van der Waals surface area contributed by atoms with Gasteiger partial charge in [-0.1, -0.05) is 36.4 Å². The van der Waals surface area contributed by atoms with Gasteiger partial charge in [-0.3, -0.25) is 4.79 Å². The van der Waals surface area contributed by atoms with E-state index < -0.39 is 0 Å². The van der Waals surface area contributed by atoms with Gasteiger partial charge in [-0.2, -0.15) is 0 Å². The van der Waals surface area contributed by atoms with E-state index in [0.717, 1.165) is 23.3 Å². The second-order valence-corrected chi connectivity index (χ2v) is 5.33. The molecule has 0 saturated carbocycles. The Labute approximate surface area is 124 Å². The predicted molar refractivity (Wildman–Crippen MR) is 80.3 cm³/mol. The highest BCUT2D eigenvalue weighted by molar-refractivity contribution is 5.76. The number of allylic oxidation sites excluding steroid dienone is 3. The zero-order valence-electron chi connectivity index (χ0n) is 12.2. The Morgan fingerprint density at radius 2 is 2.10 bits per heavy atom. The van der Waals surface area contributed by atoms with E-state index in [9.17, 15) is 4.79 Å². The van der Waals surface area contributed by atoms with E-state index in [0.29, 0.717) is 0 Å². The number of esters is 1. The Morgan fingerprint density at radius 3 is 2.81 bits per heavy atom. The fourth-order valence-electron chi connectivity index (χ4n) is 3.03. The molecule has 108 valence electrons. The first-order chi connectivity index (χ1) is 10.2. The van der Waals surface area contributed by atoms with Crippen LogP contribution in [0.4, 0.5) is 0 Å². The summed E-state index contributed by atoms with van der Waals surface area (Å²) in [5.41, 5.74) is 3.41. The third kappa shape index (κ3) is 2.40. The summed E-state index contributed by atoms with van der Waals surface area (Å²) in [6.45, 7) is 1.88. The molecule has 2 aliphatic rings. The molecule has 2 atom stereocenters. The maximum absolute atomic E-state index is 11.9. The lowest BCUT2D eigenvalue weighted by Gasteiger charge is -2.16. The Bertz CT molecular complexity index is 638. The van der Waals surface area contributed by atoms with Gasteiger partial charge in [0.05, 0.1) is 19.3 Å². The highest BCUT2D eigenvalue weighted by Crippen LogP contribution is 2.47. The molecule has 0 fully saturated rings. The molecule has 0 saturated heterocycles. The molecule has 1 aliphatic heterocycles. The number of hydrogen-bond acceptors (Lipinski definition) is 3. The standard InChI is InChI=1S/C18H18O3/c1-12(18(19)20-2)15-11-16(13-7-4-3-5-8-13)14-9-6-10-21-17(14)15/h3-10,12,16H,11H2,1-2H3. The second-order valence-electron chi connectivity index (χ2n) is 5.33. The van der Waals surface area contributed by atoms with E-state index in [1.165, 1.54) is 12.7 Å². The topological polar surface area (TPSA) is 35.5 Å². The van der Waals surface area contributed by atoms with Gasteiger partial charge in [0.2, 0.25) is 0 Å². The number of carbonyl (C=O) groups is 1. The molecule has 3 rings (SSSR count). The third-order valence-electron chi connectivity index (χ3n) is 4.17. The van der Waals surface area contributed by atoms with Crippen LogP contribution in [-0.2, 0) is 14.3 Å². The van der Waals surface area contributed by atoms with Crippen molar-refractivity contribution in [3.63, 3.8) is 0 Å². The molecule has 0 amide bonds. The number of methoxy groups -OCH3 is 1. The number of ether oxygens (including phenoxy) is 2. The predicted octanol–water partition coefficient (Wildman–Crippen LogP) is 3.71. The lowest BCUT2D eigenvalue weighted by molar-refractivity contribution is -0.143. The van der Waals surface area contributed by atoms with Gasteiger partial charge in [-0.15, -0.1) is 0 Å². The van der Waals surface area contributed by atoms with Gasteiger partial charge in [0.15, 0.2) is 0 Å². The Kier molecular flexibility index (Phi) is 3.65. The first-order valence-corrected chi connectivity index (χ1v) is 7.12. The smallest absolute Gasteiger partial charge is 0.312 e. The van der Waals surface area contributed by atoms with E-state index in [2.05, 4.69) is 18.2 Å². The third-order valence-corrected chi connectivity index (χ3v) is 4.17. The molecule has 3 heteroatoms. The Balaban J connectivity index is 1.98. The van der Waals surface area contributed by atoms with Gasteiger partial charge in [0, 0.05) is 11.5 Å². The molecule has 0 aromatic heterocycles. The summed E-state index contributed by atoms with van der Waals surface area (Å²) in [7, 11) is 1.42. The molecule has 0 N–H and O–H groups in total. The average molecular weight is 282 g/mol. The summed E-state index contributed by atoms with van der Waals surface area (Å²) in [6.07, 6.45) is 6.44. The summed E-state index contributed by atoms with van der Waals surface area (Å²) < 4.78 is 10.6. The summed E-state index contributed by atoms with van der Waals surface area (Å²) in [6, 6.07) is 10.3. The van der Waals surface area contributed by atoms with Crippen LogP contribution in [0.2, 0.25) is 0 Å². The quantitative estimate of drug-likeness (QED) is 0.793. The minimum absolute atomic E-state index is 0.219. The zero-order chi connectivity index (χ0) is 14.8. The fraction of sp³-hybridized carbons (Fsp3) is 0.278. The Hall–Kier alpha value is -2.29.